The summed E-state index contributed by atoms with van der Waals surface area (Å²) in [4.78, 5) is 12.6. The summed E-state index contributed by atoms with van der Waals surface area (Å²) in [6.07, 6.45) is 0.443. The van der Waals surface area contributed by atoms with Crippen molar-refractivity contribution in [1.82, 2.24) is 19.5 Å². The lowest BCUT2D eigenvalue weighted by Gasteiger charge is -2.16. The van der Waals surface area contributed by atoms with E-state index >= 15 is 0 Å². The Labute approximate surface area is 143 Å². The molecule has 5 N–H and O–H groups in total. The molecular formula is C15H21N5O5. The van der Waals surface area contributed by atoms with Crippen molar-refractivity contribution in [2.24, 2.45) is 0 Å². The van der Waals surface area contributed by atoms with Crippen molar-refractivity contribution in [2.75, 3.05) is 25.1 Å². The van der Waals surface area contributed by atoms with Crippen molar-refractivity contribution in [3.63, 3.8) is 0 Å². The van der Waals surface area contributed by atoms with Crippen molar-refractivity contribution in [3.8, 4) is 0 Å². The summed E-state index contributed by atoms with van der Waals surface area (Å²) >= 11 is 0. The first-order valence-corrected chi connectivity index (χ1v) is 7.87. The molecule has 1 saturated heterocycles. The molecule has 4 unspecified atom stereocenters. The fourth-order valence-corrected chi connectivity index (χ4v) is 2.66. The number of nitrogens with zero attached hydrogens (tertiary/aromatic N) is 4. The third-order valence-electron chi connectivity index (χ3n) is 4.12. The lowest BCUT2D eigenvalue weighted by molar-refractivity contribution is -0.0511. The van der Waals surface area contributed by atoms with Crippen LogP contribution in [0.2, 0.25) is 0 Å². The Morgan fingerprint density at radius 1 is 1.28 bits per heavy atom. The van der Waals surface area contributed by atoms with E-state index in [0.717, 1.165) is 5.57 Å². The number of hydrogen-bond donors (Lipinski definition) is 5. The van der Waals surface area contributed by atoms with E-state index in [9.17, 15) is 15.3 Å². The minimum atomic E-state index is -1.21. The molecule has 1 aliphatic rings. The minimum absolute atomic E-state index is 0.0131. The molecule has 0 aromatic carbocycles. The predicted octanol–water partition coefficient (Wildman–Crippen LogP) is -1.21. The van der Waals surface area contributed by atoms with Gasteiger partial charge in [0.1, 0.15) is 24.6 Å². The van der Waals surface area contributed by atoms with Crippen molar-refractivity contribution < 1.29 is 25.2 Å². The second-order valence-electron chi connectivity index (χ2n) is 5.86. The fourth-order valence-electron chi connectivity index (χ4n) is 2.66. The summed E-state index contributed by atoms with van der Waals surface area (Å²) in [5.74, 6) is 0.498. The number of hydrogen-bond acceptors (Lipinski definition) is 9. The maximum absolute atomic E-state index is 10.2. The zero-order valence-electron chi connectivity index (χ0n) is 13.6. The molecule has 2 aromatic heterocycles. The highest BCUT2D eigenvalue weighted by molar-refractivity contribution is 5.82. The van der Waals surface area contributed by atoms with Crippen LogP contribution >= 0.6 is 0 Å². The summed E-state index contributed by atoms with van der Waals surface area (Å²) in [5.41, 5.74) is 1.74. The largest absolute Gasteiger partial charge is 0.394 e. The first kappa shape index (κ1) is 17.7. The molecule has 0 radical (unpaired) electrons. The number of aromatic nitrogens is 4. The van der Waals surface area contributed by atoms with Crippen LogP contribution in [0.15, 0.2) is 24.3 Å². The van der Waals surface area contributed by atoms with Gasteiger partial charge in [0.15, 0.2) is 23.2 Å². The SMILES string of the molecule is C/C(=C\CNc1ncnc2c1ncn2C1OC(CO)C(O)C1O)CO. The van der Waals surface area contributed by atoms with Gasteiger partial charge in [-0.05, 0) is 6.92 Å². The minimum Gasteiger partial charge on any atom is -0.394 e. The Bertz CT molecular complexity index is 764. The number of aliphatic hydroxyl groups excluding tert-OH is 4. The molecule has 136 valence electrons. The van der Waals surface area contributed by atoms with Crippen molar-refractivity contribution in [1.29, 1.82) is 0 Å². The quantitative estimate of drug-likeness (QED) is 0.404. The molecule has 4 atom stereocenters. The van der Waals surface area contributed by atoms with Crippen LogP contribution in [-0.2, 0) is 4.74 Å². The van der Waals surface area contributed by atoms with Gasteiger partial charge in [-0.15, -0.1) is 0 Å². The van der Waals surface area contributed by atoms with E-state index in [1.54, 1.807) is 0 Å². The summed E-state index contributed by atoms with van der Waals surface area (Å²) in [6.45, 7) is 1.85. The second kappa shape index (κ2) is 7.42. The molecule has 0 amide bonds. The smallest absolute Gasteiger partial charge is 0.167 e. The van der Waals surface area contributed by atoms with Gasteiger partial charge in [0, 0.05) is 6.54 Å². The molecule has 10 nitrogen and oxygen atoms in total. The Hall–Kier alpha value is -2.11. The van der Waals surface area contributed by atoms with Crippen LogP contribution in [0.1, 0.15) is 13.2 Å². The molecule has 0 saturated carbocycles. The first-order chi connectivity index (χ1) is 12.1. The van der Waals surface area contributed by atoms with Crippen molar-refractivity contribution in [3.05, 3.63) is 24.3 Å². The van der Waals surface area contributed by atoms with E-state index in [-0.39, 0.29) is 6.61 Å². The zero-order chi connectivity index (χ0) is 18.0. The second-order valence-corrected chi connectivity index (χ2v) is 5.86. The maximum Gasteiger partial charge on any atom is 0.167 e. The summed E-state index contributed by atoms with van der Waals surface area (Å²) in [5, 5.41) is 41.4. The number of anilines is 1. The van der Waals surface area contributed by atoms with Crippen LogP contribution < -0.4 is 5.32 Å². The number of rotatable bonds is 6. The summed E-state index contributed by atoms with van der Waals surface area (Å²) < 4.78 is 7.01. The maximum atomic E-state index is 10.2. The van der Waals surface area contributed by atoms with Gasteiger partial charge in [-0.2, -0.15) is 0 Å². The highest BCUT2D eigenvalue weighted by Gasteiger charge is 2.44. The Balaban J connectivity index is 1.86. The van der Waals surface area contributed by atoms with Crippen LogP contribution in [0.3, 0.4) is 0 Å². The van der Waals surface area contributed by atoms with E-state index in [1.165, 1.54) is 17.2 Å². The van der Waals surface area contributed by atoms with Crippen molar-refractivity contribution >= 4 is 17.0 Å². The molecule has 1 fully saturated rings. The summed E-state index contributed by atoms with van der Waals surface area (Å²) in [6, 6.07) is 0. The first-order valence-electron chi connectivity index (χ1n) is 7.87. The molecule has 1 aliphatic heterocycles. The number of nitrogens with one attached hydrogen (secondary N) is 1. The van der Waals surface area contributed by atoms with E-state index in [0.29, 0.717) is 23.5 Å². The van der Waals surface area contributed by atoms with Crippen molar-refractivity contribution in [2.45, 2.75) is 31.5 Å². The fraction of sp³-hybridized carbons (Fsp3) is 0.533. The number of aliphatic hydroxyl groups is 4. The average Bonchev–Trinajstić information content (AvgIpc) is 3.17. The predicted molar refractivity (Wildman–Crippen MR) is 87.7 cm³/mol. The van der Waals surface area contributed by atoms with Crippen LogP contribution in [0.25, 0.3) is 11.2 Å². The molecule has 3 rings (SSSR count). The van der Waals surface area contributed by atoms with Gasteiger partial charge in [0.05, 0.1) is 19.5 Å². The lowest BCUT2D eigenvalue weighted by Crippen LogP contribution is -2.33. The van der Waals surface area contributed by atoms with Gasteiger partial charge in [-0.3, -0.25) is 4.57 Å². The normalized spacial score (nSPS) is 27.2. The lowest BCUT2D eigenvalue weighted by atomic mass is 10.1. The Kier molecular flexibility index (Phi) is 5.25. The number of imidazole rings is 1. The molecule has 3 heterocycles. The third-order valence-corrected chi connectivity index (χ3v) is 4.12. The molecule has 25 heavy (non-hydrogen) atoms. The Morgan fingerprint density at radius 2 is 2.08 bits per heavy atom. The molecule has 2 aromatic rings. The molecule has 0 aliphatic carbocycles. The highest BCUT2D eigenvalue weighted by atomic mass is 16.6. The summed E-state index contributed by atoms with van der Waals surface area (Å²) in [7, 11) is 0. The number of ether oxygens (including phenoxy) is 1. The number of fused-ring (bicyclic) bond motifs is 1. The van der Waals surface area contributed by atoms with E-state index < -0.39 is 31.1 Å². The molecular weight excluding hydrogens is 330 g/mol. The van der Waals surface area contributed by atoms with Gasteiger partial charge in [0.25, 0.3) is 0 Å². The topological polar surface area (TPSA) is 146 Å². The zero-order valence-corrected chi connectivity index (χ0v) is 13.6. The van der Waals surface area contributed by atoms with E-state index in [1.807, 2.05) is 13.0 Å². The van der Waals surface area contributed by atoms with Gasteiger partial charge in [-0.25, -0.2) is 15.0 Å². The van der Waals surface area contributed by atoms with Crippen LogP contribution in [0, 0.1) is 0 Å². The van der Waals surface area contributed by atoms with E-state index in [2.05, 4.69) is 20.3 Å². The Morgan fingerprint density at radius 3 is 2.76 bits per heavy atom. The van der Waals surface area contributed by atoms with Gasteiger partial charge >= 0.3 is 0 Å². The standard InChI is InChI=1S/C15H21N5O5/c1-8(4-21)2-3-16-13-10-14(18-6-17-13)20(7-19-10)15-12(24)11(23)9(5-22)25-15/h2,6-7,9,11-12,15,21-24H,3-5H2,1H3,(H,16,17,18)/b8-2+. The monoisotopic (exact) mass is 351 g/mol. The third kappa shape index (κ3) is 3.34. The van der Waals surface area contributed by atoms with E-state index in [4.69, 9.17) is 9.84 Å². The molecule has 10 heteroatoms. The van der Waals surface area contributed by atoms with Gasteiger partial charge in [0.2, 0.25) is 0 Å². The van der Waals surface area contributed by atoms with Crippen LogP contribution in [-0.4, -0.2) is 78.0 Å². The highest BCUT2D eigenvalue weighted by Crippen LogP contribution is 2.31. The van der Waals surface area contributed by atoms with Gasteiger partial charge < -0.3 is 30.5 Å². The molecule has 0 spiro atoms. The van der Waals surface area contributed by atoms with Gasteiger partial charge in [-0.1, -0.05) is 11.6 Å². The van der Waals surface area contributed by atoms with Crippen LogP contribution in [0.4, 0.5) is 5.82 Å². The molecule has 0 bridgehead atoms. The van der Waals surface area contributed by atoms with Crippen LogP contribution in [0.5, 0.6) is 0 Å². The average molecular weight is 351 g/mol.